The van der Waals surface area contributed by atoms with Crippen molar-refractivity contribution in [3.63, 3.8) is 0 Å². The Morgan fingerprint density at radius 1 is 1.28 bits per heavy atom. The van der Waals surface area contributed by atoms with E-state index in [2.05, 4.69) is 39.7 Å². The van der Waals surface area contributed by atoms with Crippen molar-refractivity contribution in [1.29, 1.82) is 0 Å². The van der Waals surface area contributed by atoms with Crippen LogP contribution in [0.1, 0.15) is 11.4 Å². The maximum Gasteiger partial charge on any atom is 0.122 e. The van der Waals surface area contributed by atoms with Gasteiger partial charge in [0.05, 0.1) is 6.54 Å². The fourth-order valence-electron chi connectivity index (χ4n) is 2.15. The molecule has 4 nitrogen and oxygen atoms in total. The highest BCUT2D eigenvalue weighted by molar-refractivity contribution is 5.82. The molecule has 0 saturated heterocycles. The maximum atomic E-state index is 4.29. The van der Waals surface area contributed by atoms with Crippen molar-refractivity contribution in [2.75, 3.05) is 0 Å². The molecule has 0 aliphatic carbocycles. The summed E-state index contributed by atoms with van der Waals surface area (Å²) in [6.45, 7) is 1.62. The topological polar surface area (TPSA) is 45.6 Å². The van der Waals surface area contributed by atoms with Crippen LogP contribution in [-0.2, 0) is 20.1 Å². The number of nitrogens with zero attached hydrogens (tertiary/aromatic N) is 2. The summed E-state index contributed by atoms with van der Waals surface area (Å²) in [4.78, 5) is 7.57. The molecule has 0 aliphatic rings. The second kappa shape index (κ2) is 4.66. The lowest BCUT2D eigenvalue weighted by Gasteiger charge is -2.04. The first-order valence-corrected chi connectivity index (χ1v) is 6.06. The first-order chi connectivity index (χ1) is 8.84. The summed E-state index contributed by atoms with van der Waals surface area (Å²) in [6, 6.07) is 8.35. The zero-order valence-corrected chi connectivity index (χ0v) is 10.4. The van der Waals surface area contributed by atoms with Gasteiger partial charge in [-0.25, -0.2) is 4.98 Å². The van der Waals surface area contributed by atoms with E-state index in [9.17, 15) is 0 Å². The van der Waals surface area contributed by atoms with Gasteiger partial charge >= 0.3 is 0 Å². The maximum absolute atomic E-state index is 4.29. The van der Waals surface area contributed by atoms with Crippen molar-refractivity contribution >= 4 is 10.9 Å². The van der Waals surface area contributed by atoms with Crippen LogP contribution in [0.25, 0.3) is 10.9 Å². The minimum atomic E-state index is 0.781. The summed E-state index contributed by atoms with van der Waals surface area (Å²) < 4.78 is 2.03. The van der Waals surface area contributed by atoms with E-state index in [4.69, 9.17) is 0 Å². The van der Waals surface area contributed by atoms with Crippen LogP contribution >= 0.6 is 0 Å². The van der Waals surface area contributed by atoms with E-state index in [0.29, 0.717) is 0 Å². The molecule has 2 N–H and O–H groups in total. The Hall–Kier alpha value is -2.07. The van der Waals surface area contributed by atoms with Gasteiger partial charge in [0, 0.05) is 43.1 Å². The van der Waals surface area contributed by atoms with Crippen LogP contribution < -0.4 is 5.32 Å². The van der Waals surface area contributed by atoms with Gasteiger partial charge in [-0.2, -0.15) is 0 Å². The van der Waals surface area contributed by atoms with Crippen LogP contribution in [0.4, 0.5) is 0 Å². The predicted molar refractivity (Wildman–Crippen MR) is 72.1 cm³/mol. The number of hydrogen-bond donors (Lipinski definition) is 2. The highest BCUT2D eigenvalue weighted by Gasteiger charge is 2.03. The van der Waals surface area contributed by atoms with Crippen LogP contribution in [0.15, 0.2) is 42.9 Å². The van der Waals surface area contributed by atoms with Gasteiger partial charge in [-0.3, -0.25) is 0 Å². The van der Waals surface area contributed by atoms with Crippen molar-refractivity contribution in [2.45, 2.75) is 13.1 Å². The van der Waals surface area contributed by atoms with Crippen molar-refractivity contribution in [3.8, 4) is 0 Å². The van der Waals surface area contributed by atoms with Gasteiger partial charge in [0.15, 0.2) is 0 Å². The smallest absolute Gasteiger partial charge is 0.122 e. The Kier molecular flexibility index (Phi) is 2.86. The monoisotopic (exact) mass is 240 g/mol. The van der Waals surface area contributed by atoms with E-state index in [1.54, 1.807) is 0 Å². The Morgan fingerprint density at radius 3 is 3.00 bits per heavy atom. The molecule has 0 saturated carbocycles. The van der Waals surface area contributed by atoms with Crippen LogP contribution in [0, 0.1) is 0 Å². The molecule has 0 fully saturated rings. The zero-order valence-electron chi connectivity index (χ0n) is 10.4. The average Bonchev–Trinajstić information content (AvgIpc) is 2.97. The Bertz CT molecular complexity index is 650. The van der Waals surface area contributed by atoms with Gasteiger partial charge in [-0.15, -0.1) is 0 Å². The molecule has 0 bridgehead atoms. The van der Waals surface area contributed by atoms with E-state index in [1.807, 2.05) is 30.1 Å². The molecule has 2 heterocycles. The number of rotatable bonds is 4. The normalized spacial score (nSPS) is 11.2. The highest BCUT2D eigenvalue weighted by atomic mass is 15.1. The van der Waals surface area contributed by atoms with Crippen LogP contribution in [0.5, 0.6) is 0 Å². The fraction of sp³-hybridized carbons (Fsp3) is 0.214. The van der Waals surface area contributed by atoms with Gasteiger partial charge in [0.2, 0.25) is 0 Å². The van der Waals surface area contributed by atoms with Gasteiger partial charge in [0.25, 0.3) is 0 Å². The van der Waals surface area contributed by atoms with Gasteiger partial charge in [0.1, 0.15) is 5.82 Å². The summed E-state index contributed by atoms with van der Waals surface area (Å²) in [5.41, 5.74) is 2.48. The van der Waals surface area contributed by atoms with Crippen LogP contribution in [0.3, 0.4) is 0 Å². The third-order valence-electron chi connectivity index (χ3n) is 3.19. The third kappa shape index (κ3) is 2.02. The number of aryl methyl sites for hydroxylation is 1. The molecule has 0 atom stereocenters. The molecular formula is C14H16N4. The lowest BCUT2D eigenvalue weighted by molar-refractivity contribution is 0.641. The number of imidazole rings is 1. The quantitative estimate of drug-likeness (QED) is 0.734. The molecule has 0 radical (unpaired) electrons. The molecule has 2 aromatic heterocycles. The van der Waals surface area contributed by atoms with Crippen molar-refractivity contribution in [2.24, 2.45) is 7.05 Å². The molecule has 3 rings (SSSR count). The second-order valence-corrected chi connectivity index (χ2v) is 4.42. The zero-order chi connectivity index (χ0) is 12.4. The van der Waals surface area contributed by atoms with Crippen molar-refractivity contribution < 1.29 is 0 Å². The Morgan fingerprint density at radius 2 is 2.17 bits per heavy atom. The van der Waals surface area contributed by atoms with Crippen LogP contribution in [-0.4, -0.2) is 14.5 Å². The number of fused-ring (bicyclic) bond motifs is 1. The highest BCUT2D eigenvalue weighted by Crippen LogP contribution is 2.17. The average molecular weight is 240 g/mol. The Labute approximate surface area is 106 Å². The summed E-state index contributed by atoms with van der Waals surface area (Å²) in [5.74, 6) is 1.05. The van der Waals surface area contributed by atoms with E-state index >= 15 is 0 Å². The van der Waals surface area contributed by atoms with E-state index in [-0.39, 0.29) is 0 Å². The Balaban J connectivity index is 1.68. The standard InChI is InChI=1S/C14H16N4/c1-18-7-6-16-14(18)10-15-8-11-9-17-13-5-3-2-4-12(11)13/h2-7,9,15,17H,8,10H2,1H3. The number of aromatic nitrogens is 3. The number of para-hydroxylation sites is 1. The van der Waals surface area contributed by atoms with Crippen molar-refractivity contribution in [1.82, 2.24) is 19.9 Å². The SMILES string of the molecule is Cn1ccnc1CNCc1c[nH]c2ccccc12. The van der Waals surface area contributed by atoms with Gasteiger partial charge < -0.3 is 14.9 Å². The van der Waals surface area contributed by atoms with Crippen molar-refractivity contribution in [3.05, 3.63) is 54.2 Å². The predicted octanol–water partition coefficient (Wildman–Crippen LogP) is 2.19. The summed E-state index contributed by atoms with van der Waals surface area (Å²) in [6.07, 6.45) is 5.85. The first-order valence-electron chi connectivity index (χ1n) is 6.06. The summed E-state index contributed by atoms with van der Waals surface area (Å²) >= 11 is 0. The molecule has 0 aliphatic heterocycles. The molecule has 0 unspecified atom stereocenters. The van der Waals surface area contributed by atoms with E-state index in [0.717, 1.165) is 18.9 Å². The van der Waals surface area contributed by atoms with Gasteiger partial charge in [-0.05, 0) is 11.6 Å². The lowest BCUT2D eigenvalue weighted by Crippen LogP contribution is -2.15. The second-order valence-electron chi connectivity index (χ2n) is 4.42. The molecule has 3 aromatic rings. The number of aromatic amines is 1. The third-order valence-corrected chi connectivity index (χ3v) is 3.19. The largest absolute Gasteiger partial charge is 0.361 e. The first kappa shape index (κ1) is 11.0. The minimum absolute atomic E-state index is 0.781. The molecule has 0 amide bonds. The van der Waals surface area contributed by atoms with Crippen LogP contribution in [0.2, 0.25) is 0 Å². The molecule has 1 aromatic carbocycles. The van der Waals surface area contributed by atoms with E-state index < -0.39 is 0 Å². The molecular weight excluding hydrogens is 224 g/mol. The lowest BCUT2D eigenvalue weighted by atomic mass is 10.2. The fourth-order valence-corrected chi connectivity index (χ4v) is 2.15. The van der Waals surface area contributed by atoms with Gasteiger partial charge in [-0.1, -0.05) is 18.2 Å². The molecule has 0 spiro atoms. The number of hydrogen-bond acceptors (Lipinski definition) is 2. The molecule has 92 valence electrons. The minimum Gasteiger partial charge on any atom is -0.361 e. The summed E-state index contributed by atoms with van der Waals surface area (Å²) in [5, 5.41) is 4.70. The molecule has 4 heteroatoms. The number of nitrogens with one attached hydrogen (secondary N) is 2. The van der Waals surface area contributed by atoms with E-state index in [1.165, 1.54) is 16.5 Å². The summed E-state index contributed by atoms with van der Waals surface area (Å²) in [7, 11) is 2.01. The molecule has 18 heavy (non-hydrogen) atoms. The number of H-pyrrole nitrogens is 1. The number of benzene rings is 1.